The Balaban J connectivity index is 0.000000206. The van der Waals surface area contributed by atoms with E-state index in [1.54, 1.807) is 11.1 Å². The van der Waals surface area contributed by atoms with Gasteiger partial charge in [0.05, 0.1) is 0 Å². The largest absolute Gasteiger partial charge is 0.323 e. The molecule has 5 rings (SSSR count). The molecule has 2 aliphatic heterocycles. The zero-order valence-electron chi connectivity index (χ0n) is 21.1. The molecule has 3 heterocycles. The predicted octanol–water partition coefficient (Wildman–Crippen LogP) is 5.14. The monoisotopic (exact) mass is 438 g/mol. The fourth-order valence-electron chi connectivity index (χ4n) is 4.65. The van der Waals surface area contributed by atoms with Crippen molar-refractivity contribution in [1.82, 2.24) is 20.5 Å². The lowest BCUT2D eigenvalue weighted by Crippen LogP contribution is -2.31. The van der Waals surface area contributed by atoms with Crippen molar-refractivity contribution in [3.63, 3.8) is 0 Å². The zero-order valence-corrected chi connectivity index (χ0v) is 21.1. The Morgan fingerprint density at radius 2 is 1.59 bits per heavy atom. The molecule has 2 N–H and O–H groups in total. The molecule has 0 bridgehead atoms. The molecule has 0 amide bonds. The molecule has 32 heavy (non-hydrogen) atoms. The van der Waals surface area contributed by atoms with Crippen LogP contribution in [-0.4, -0.2) is 43.6 Å². The highest BCUT2D eigenvalue weighted by Crippen LogP contribution is 2.21. The molecule has 1 aromatic heterocycles. The SMILES string of the molecule is CC.CNC.c1cc2c(c(CN3CCCCC3)c1)CCNC2.c1cnc2c(c1)CCCC2. The highest BCUT2D eigenvalue weighted by molar-refractivity contribution is 5.37. The van der Waals surface area contributed by atoms with E-state index in [0.29, 0.717) is 0 Å². The van der Waals surface area contributed by atoms with Crippen molar-refractivity contribution in [2.45, 2.75) is 78.3 Å². The first-order valence-electron chi connectivity index (χ1n) is 12.9. The number of benzene rings is 1. The van der Waals surface area contributed by atoms with Gasteiger partial charge in [0.25, 0.3) is 0 Å². The normalized spacial score (nSPS) is 17.1. The van der Waals surface area contributed by atoms with Crippen LogP contribution in [0, 0.1) is 0 Å². The van der Waals surface area contributed by atoms with Crippen molar-refractivity contribution >= 4 is 0 Å². The fraction of sp³-hybridized carbons (Fsp3) is 0.607. The molecule has 0 spiro atoms. The van der Waals surface area contributed by atoms with Crippen LogP contribution in [0.3, 0.4) is 0 Å². The van der Waals surface area contributed by atoms with Crippen molar-refractivity contribution < 1.29 is 0 Å². The van der Waals surface area contributed by atoms with E-state index in [1.807, 2.05) is 40.2 Å². The molecule has 1 fully saturated rings. The van der Waals surface area contributed by atoms with Gasteiger partial charge < -0.3 is 10.6 Å². The van der Waals surface area contributed by atoms with Gasteiger partial charge in [0, 0.05) is 25.0 Å². The van der Waals surface area contributed by atoms with Gasteiger partial charge in [0.1, 0.15) is 0 Å². The second kappa shape index (κ2) is 16.0. The number of pyridine rings is 1. The lowest BCUT2D eigenvalue weighted by Gasteiger charge is -2.28. The molecular weight excluding hydrogens is 392 g/mol. The fourth-order valence-corrected chi connectivity index (χ4v) is 4.65. The summed E-state index contributed by atoms with van der Waals surface area (Å²) in [6.45, 7) is 9.96. The average molecular weight is 439 g/mol. The van der Waals surface area contributed by atoms with Gasteiger partial charge in [-0.1, -0.05) is 44.5 Å². The predicted molar refractivity (Wildman–Crippen MR) is 138 cm³/mol. The molecule has 0 atom stereocenters. The Morgan fingerprint density at radius 1 is 0.875 bits per heavy atom. The zero-order chi connectivity index (χ0) is 23.0. The summed E-state index contributed by atoms with van der Waals surface area (Å²) in [6.07, 6.45) is 12.4. The molecule has 1 aromatic carbocycles. The minimum absolute atomic E-state index is 1.06. The smallest absolute Gasteiger partial charge is 0.0435 e. The van der Waals surface area contributed by atoms with Gasteiger partial charge in [-0.25, -0.2) is 0 Å². The summed E-state index contributed by atoms with van der Waals surface area (Å²) in [5, 5.41) is 6.21. The summed E-state index contributed by atoms with van der Waals surface area (Å²) in [4.78, 5) is 6.95. The summed E-state index contributed by atoms with van der Waals surface area (Å²) in [5.74, 6) is 0. The third-order valence-corrected chi connectivity index (χ3v) is 6.17. The number of likely N-dealkylation sites (tertiary alicyclic amines) is 1. The summed E-state index contributed by atoms with van der Waals surface area (Å²) < 4.78 is 0. The summed E-state index contributed by atoms with van der Waals surface area (Å²) >= 11 is 0. The van der Waals surface area contributed by atoms with Gasteiger partial charge in [-0.2, -0.15) is 0 Å². The number of hydrogen-bond acceptors (Lipinski definition) is 4. The molecule has 4 nitrogen and oxygen atoms in total. The molecule has 3 aliphatic rings. The number of hydrogen-bond donors (Lipinski definition) is 2. The molecule has 0 saturated carbocycles. The van der Waals surface area contributed by atoms with Crippen LogP contribution in [0.15, 0.2) is 36.5 Å². The van der Waals surface area contributed by atoms with Crippen LogP contribution < -0.4 is 10.6 Å². The van der Waals surface area contributed by atoms with Crippen LogP contribution in [0.4, 0.5) is 0 Å². The molecule has 2 aromatic rings. The van der Waals surface area contributed by atoms with Crippen LogP contribution in [0.2, 0.25) is 0 Å². The minimum Gasteiger partial charge on any atom is -0.323 e. The molecule has 0 unspecified atom stereocenters. The van der Waals surface area contributed by atoms with E-state index in [2.05, 4.69) is 44.8 Å². The van der Waals surface area contributed by atoms with Crippen LogP contribution in [0.5, 0.6) is 0 Å². The van der Waals surface area contributed by atoms with Gasteiger partial charge in [0.15, 0.2) is 0 Å². The van der Waals surface area contributed by atoms with Crippen molar-refractivity contribution in [1.29, 1.82) is 0 Å². The number of aryl methyl sites for hydroxylation is 2. The highest BCUT2D eigenvalue weighted by atomic mass is 15.1. The van der Waals surface area contributed by atoms with E-state index < -0.39 is 0 Å². The third kappa shape index (κ3) is 8.65. The quantitative estimate of drug-likeness (QED) is 0.681. The number of piperidine rings is 1. The van der Waals surface area contributed by atoms with E-state index in [4.69, 9.17) is 0 Å². The molecule has 178 valence electrons. The molecule has 4 heteroatoms. The first-order valence-corrected chi connectivity index (χ1v) is 12.9. The number of rotatable bonds is 2. The second-order valence-corrected chi connectivity index (χ2v) is 8.63. The number of nitrogens with one attached hydrogen (secondary N) is 2. The van der Waals surface area contributed by atoms with E-state index in [-0.39, 0.29) is 0 Å². The molecule has 1 aliphatic carbocycles. The van der Waals surface area contributed by atoms with Crippen LogP contribution in [0.25, 0.3) is 0 Å². The maximum atomic E-state index is 4.32. The Labute approximate surface area is 197 Å². The molecule has 1 saturated heterocycles. The number of nitrogens with zero attached hydrogens (tertiary/aromatic N) is 2. The van der Waals surface area contributed by atoms with E-state index >= 15 is 0 Å². The molecule has 0 radical (unpaired) electrons. The highest BCUT2D eigenvalue weighted by Gasteiger charge is 2.16. The second-order valence-electron chi connectivity index (χ2n) is 8.63. The van der Waals surface area contributed by atoms with E-state index in [1.165, 1.54) is 87.8 Å². The Hall–Kier alpha value is -1.75. The average Bonchev–Trinajstić information content (AvgIpc) is 2.87. The Bertz CT molecular complexity index is 728. The van der Waals surface area contributed by atoms with Crippen molar-refractivity contribution in [3.05, 3.63) is 64.5 Å². The van der Waals surface area contributed by atoms with Crippen LogP contribution in [0.1, 0.15) is 73.9 Å². The van der Waals surface area contributed by atoms with Crippen molar-refractivity contribution in [2.24, 2.45) is 0 Å². The number of fused-ring (bicyclic) bond motifs is 2. The van der Waals surface area contributed by atoms with Gasteiger partial charge in [-0.15, -0.1) is 0 Å². The first-order chi connectivity index (χ1) is 15.8. The lowest BCUT2D eigenvalue weighted by atomic mass is 9.95. The number of aromatic nitrogens is 1. The standard InChI is InChI=1S/C15H22N2.C9H11N.C2H7N.C2H6/c1-2-9-17(10-3-1)12-14-6-4-5-13-11-16-8-7-15(13)14;1-2-6-9-8(4-1)5-3-7-10-9;1-3-2;1-2/h4-6,16H,1-3,7-12H2;3,5,7H,1-2,4,6H2;3H,1-2H3;1-2H3. The maximum absolute atomic E-state index is 4.32. The van der Waals surface area contributed by atoms with Crippen molar-refractivity contribution in [3.8, 4) is 0 Å². The van der Waals surface area contributed by atoms with Gasteiger partial charge in [-0.05, 0) is 107 Å². The maximum Gasteiger partial charge on any atom is 0.0435 e. The summed E-state index contributed by atoms with van der Waals surface area (Å²) in [6, 6.07) is 11.1. The first kappa shape index (κ1) is 26.5. The van der Waals surface area contributed by atoms with E-state index in [0.717, 1.165) is 13.1 Å². The van der Waals surface area contributed by atoms with Crippen LogP contribution >= 0.6 is 0 Å². The van der Waals surface area contributed by atoms with Gasteiger partial charge >= 0.3 is 0 Å². The lowest BCUT2D eigenvalue weighted by molar-refractivity contribution is 0.220. The minimum atomic E-state index is 1.06. The van der Waals surface area contributed by atoms with Crippen molar-refractivity contribution in [2.75, 3.05) is 33.7 Å². The Kier molecular flexibility index (Phi) is 13.2. The van der Waals surface area contributed by atoms with Gasteiger partial charge in [-0.3, -0.25) is 9.88 Å². The van der Waals surface area contributed by atoms with E-state index in [9.17, 15) is 0 Å². The van der Waals surface area contributed by atoms with Gasteiger partial charge in [0.2, 0.25) is 0 Å². The Morgan fingerprint density at radius 3 is 2.34 bits per heavy atom. The van der Waals surface area contributed by atoms with Crippen LogP contribution in [-0.2, 0) is 32.4 Å². The molecular formula is C28H46N4. The third-order valence-electron chi connectivity index (χ3n) is 6.17. The topological polar surface area (TPSA) is 40.2 Å². The summed E-state index contributed by atoms with van der Waals surface area (Å²) in [7, 11) is 3.75. The summed E-state index contributed by atoms with van der Waals surface area (Å²) in [5.41, 5.74) is 7.51.